The van der Waals surface area contributed by atoms with Gasteiger partial charge >= 0.3 is 0 Å². The zero-order chi connectivity index (χ0) is 13.9. The molecule has 0 spiro atoms. The largest absolute Gasteiger partial charge is 0.271 e. The van der Waals surface area contributed by atoms with Crippen LogP contribution in [0.15, 0.2) is 4.90 Å². The molecule has 0 aliphatic carbocycles. The van der Waals surface area contributed by atoms with Gasteiger partial charge in [0.05, 0.1) is 11.4 Å². The van der Waals surface area contributed by atoms with Crippen LogP contribution in [-0.2, 0) is 17.1 Å². The van der Waals surface area contributed by atoms with Gasteiger partial charge in [-0.05, 0) is 26.2 Å². The van der Waals surface area contributed by atoms with E-state index in [0.29, 0.717) is 28.7 Å². The van der Waals surface area contributed by atoms with E-state index in [2.05, 4.69) is 25.8 Å². The van der Waals surface area contributed by atoms with Crippen molar-refractivity contribution in [1.29, 1.82) is 0 Å². The highest BCUT2D eigenvalue weighted by molar-refractivity contribution is 9.09. The van der Waals surface area contributed by atoms with Gasteiger partial charge in [-0.2, -0.15) is 5.10 Å². The minimum atomic E-state index is -3.46. The van der Waals surface area contributed by atoms with E-state index < -0.39 is 10.0 Å². The van der Waals surface area contributed by atoms with Crippen LogP contribution in [0.5, 0.6) is 0 Å². The molecule has 18 heavy (non-hydrogen) atoms. The first-order valence-electron chi connectivity index (χ1n) is 5.85. The van der Waals surface area contributed by atoms with Crippen LogP contribution >= 0.6 is 15.9 Å². The lowest BCUT2D eigenvalue weighted by Crippen LogP contribution is -2.29. The summed E-state index contributed by atoms with van der Waals surface area (Å²) < 4.78 is 28.7. The number of nitrogens with zero attached hydrogens (tertiary/aromatic N) is 2. The number of halogens is 1. The van der Waals surface area contributed by atoms with E-state index in [-0.39, 0.29) is 0 Å². The van der Waals surface area contributed by atoms with E-state index in [4.69, 9.17) is 0 Å². The molecule has 0 fully saturated rings. The summed E-state index contributed by atoms with van der Waals surface area (Å²) in [5, 5.41) is 5.01. The van der Waals surface area contributed by atoms with Crippen molar-refractivity contribution in [2.24, 2.45) is 13.0 Å². The Morgan fingerprint density at radius 2 is 2.06 bits per heavy atom. The van der Waals surface area contributed by atoms with Crippen molar-refractivity contribution in [3.05, 3.63) is 11.4 Å². The van der Waals surface area contributed by atoms with E-state index in [1.54, 1.807) is 25.6 Å². The van der Waals surface area contributed by atoms with Gasteiger partial charge in [-0.1, -0.05) is 22.9 Å². The predicted octanol–water partition coefficient (Wildman–Crippen LogP) is 1.74. The van der Waals surface area contributed by atoms with E-state index in [1.807, 2.05) is 6.92 Å². The van der Waals surface area contributed by atoms with E-state index in [0.717, 1.165) is 11.8 Å². The highest BCUT2D eigenvalue weighted by atomic mass is 79.9. The lowest BCUT2D eigenvalue weighted by molar-refractivity contribution is 0.531. The average molecular weight is 338 g/mol. The zero-order valence-electron chi connectivity index (χ0n) is 11.2. The van der Waals surface area contributed by atoms with Gasteiger partial charge in [-0.25, -0.2) is 13.1 Å². The summed E-state index contributed by atoms with van der Waals surface area (Å²) in [5.74, 6) is 0.302. The fourth-order valence-corrected chi connectivity index (χ4v) is 4.14. The highest BCUT2D eigenvalue weighted by Gasteiger charge is 2.23. The molecule has 0 amide bonds. The Kier molecular flexibility index (Phi) is 5.36. The van der Waals surface area contributed by atoms with Gasteiger partial charge in [-0.3, -0.25) is 4.68 Å². The van der Waals surface area contributed by atoms with Gasteiger partial charge < -0.3 is 0 Å². The van der Waals surface area contributed by atoms with Crippen molar-refractivity contribution in [2.75, 3.05) is 11.9 Å². The van der Waals surface area contributed by atoms with Crippen LogP contribution in [0.4, 0.5) is 0 Å². The summed E-state index contributed by atoms with van der Waals surface area (Å²) in [7, 11) is -1.72. The third-order valence-electron chi connectivity index (χ3n) is 2.94. The summed E-state index contributed by atoms with van der Waals surface area (Å²) in [6.45, 7) is 5.94. The molecule has 7 heteroatoms. The number of hydrogen-bond acceptors (Lipinski definition) is 3. The Labute approximate surface area is 117 Å². The van der Waals surface area contributed by atoms with Gasteiger partial charge in [0.2, 0.25) is 10.0 Å². The molecule has 1 unspecified atom stereocenters. The maximum atomic E-state index is 12.2. The number of rotatable bonds is 6. The lowest BCUT2D eigenvalue weighted by atomic mass is 10.1. The topological polar surface area (TPSA) is 64.0 Å². The predicted molar refractivity (Wildman–Crippen MR) is 75.4 cm³/mol. The standard InChI is InChI=1S/C11H20BrN3O2S/c1-8(5-6-12)7-13-18(16,17)11-9(2)14-15(4)10(11)3/h8,13H,5-7H2,1-4H3. The average Bonchev–Trinajstić information content (AvgIpc) is 2.51. The fourth-order valence-electron chi connectivity index (χ4n) is 1.76. The first-order chi connectivity index (χ1) is 8.29. The minimum absolute atomic E-state index is 0.302. The van der Waals surface area contributed by atoms with Crippen molar-refractivity contribution in [3.8, 4) is 0 Å². The Bertz CT molecular complexity index is 511. The molecule has 0 aliphatic heterocycles. The smallest absolute Gasteiger partial charge is 0.244 e. The summed E-state index contributed by atoms with van der Waals surface area (Å²) in [4.78, 5) is 0.302. The molecular formula is C11H20BrN3O2S. The molecule has 1 N–H and O–H groups in total. The van der Waals surface area contributed by atoms with Crippen LogP contribution < -0.4 is 4.72 Å². The molecule has 5 nitrogen and oxygen atoms in total. The maximum Gasteiger partial charge on any atom is 0.244 e. The number of alkyl halides is 1. The van der Waals surface area contributed by atoms with Crippen LogP contribution in [0.25, 0.3) is 0 Å². The normalized spacial score (nSPS) is 13.8. The molecule has 0 aliphatic rings. The third kappa shape index (κ3) is 3.55. The van der Waals surface area contributed by atoms with Crippen molar-refractivity contribution < 1.29 is 8.42 Å². The van der Waals surface area contributed by atoms with E-state index >= 15 is 0 Å². The molecule has 1 aromatic heterocycles. The fraction of sp³-hybridized carbons (Fsp3) is 0.727. The van der Waals surface area contributed by atoms with Crippen LogP contribution in [0.2, 0.25) is 0 Å². The molecule has 1 atom stereocenters. The SMILES string of the molecule is Cc1nn(C)c(C)c1S(=O)(=O)NCC(C)CCBr. The molecule has 0 aromatic carbocycles. The Morgan fingerprint density at radius 3 is 2.50 bits per heavy atom. The van der Waals surface area contributed by atoms with Crippen molar-refractivity contribution in [3.63, 3.8) is 0 Å². The quantitative estimate of drug-likeness (QED) is 0.804. The van der Waals surface area contributed by atoms with Crippen molar-refractivity contribution >= 4 is 26.0 Å². The number of sulfonamides is 1. The second kappa shape index (κ2) is 6.16. The summed E-state index contributed by atoms with van der Waals surface area (Å²) in [6, 6.07) is 0. The summed E-state index contributed by atoms with van der Waals surface area (Å²) in [5.41, 5.74) is 1.20. The Morgan fingerprint density at radius 1 is 1.44 bits per heavy atom. The molecule has 1 aromatic rings. The molecule has 0 radical (unpaired) electrons. The molecule has 0 saturated carbocycles. The van der Waals surface area contributed by atoms with Crippen LogP contribution in [0.1, 0.15) is 24.7 Å². The number of nitrogens with one attached hydrogen (secondary N) is 1. The second-order valence-corrected chi connectivity index (χ2v) is 7.06. The van der Waals surface area contributed by atoms with Crippen molar-refractivity contribution in [2.45, 2.75) is 32.1 Å². The second-order valence-electron chi connectivity index (χ2n) is 4.56. The van der Waals surface area contributed by atoms with Gasteiger partial charge in [0, 0.05) is 18.9 Å². The molecule has 0 bridgehead atoms. The number of aryl methyl sites for hydroxylation is 2. The minimum Gasteiger partial charge on any atom is -0.271 e. The number of hydrogen-bond donors (Lipinski definition) is 1. The first kappa shape index (κ1) is 15.7. The Hall–Kier alpha value is -0.400. The van der Waals surface area contributed by atoms with E-state index in [9.17, 15) is 8.42 Å². The highest BCUT2D eigenvalue weighted by Crippen LogP contribution is 2.18. The van der Waals surface area contributed by atoms with Crippen LogP contribution in [0, 0.1) is 19.8 Å². The van der Waals surface area contributed by atoms with Crippen LogP contribution in [-0.4, -0.2) is 30.1 Å². The Balaban J connectivity index is 2.87. The molecule has 1 rings (SSSR count). The summed E-state index contributed by atoms with van der Waals surface area (Å²) in [6.07, 6.45) is 0.938. The van der Waals surface area contributed by atoms with Gasteiger partial charge in [-0.15, -0.1) is 0 Å². The molecule has 0 saturated heterocycles. The lowest BCUT2D eigenvalue weighted by Gasteiger charge is -2.11. The van der Waals surface area contributed by atoms with Crippen molar-refractivity contribution in [1.82, 2.24) is 14.5 Å². The van der Waals surface area contributed by atoms with Gasteiger partial charge in [0.25, 0.3) is 0 Å². The third-order valence-corrected chi connectivity index (χ3v) is 5.07. The molecule has 1 heterocycles. The first-order valence-corrected chi connectivity index (χ1v) is 8.46. The zero-order valence-corrected chi connectivity index (χ0v) is 13.6. The number of aromatic nitrogens is 2. The summed E-state index contributed by atoms with van der Waals surface area (Å²) >= 11 is 3.35. The van der Waals surface area contributed by atoms with E-state index in [1.165, 1.54) is 0 Å². The monoisotopic (exact) mass is 337 g/mol. The van der Waals surface area contributed by atoms with Gasteiger partial charge in [0.15, 0.2) is 0 Å². The van der Waals surface area contributed by atoms with Gasteiger partial charge in [0.1, 0.15) is 4.90 Å². The molecular weight excluding hydrogens is 318 g/mol. The maximum absolute atomic E-state index is 12.2. The molecule has 104 valence electrons. The van der Waals surface area contributed by atoms with Crippen LogP contribution in [0.3, 0.4) is 0 Å².